The summed E-state index contributed by atoms with van der Waals surface area (Å²) in [5.41, 5.74) is 0.972. The Morgan fingerprint density at radius 2 is 1.79 bits per heavy atom. The molecule has 0 aliphatic heterocycles. The highest BCUT2D eigenvalue weighted by molar-refractivity contribution is 6.43. The van der Waals surface area contributed by atoms with Crippen molar-refractivity contribution in [2.45, 2.75) is 26.4 Å². The number of hydrogen-bond donors (Lipinski definition) is 2. The van der Waals surface area contributed by atoms with E-state index < -0.39 is 11.9 Å². The van der Waals surface area contributed by atoms with Gasteiger partial charge in [-0.05, 0) is 43.7 Å². The zero-order valence-corrected chi connectivity index (χ0v) is 19.6. The van der Waals surface area contributed by atoms with Gasteiger partial charge in [-0.2, -0.15) is 0 Å². The van der Waals surface area contributed by atoms with Crippen LogP contribution in [0.2, 0.25) is 10.0 Å². The van der Waals surface area contributed by atoms with Crippen LogP contribution >= 0.6 is 23.2 Å². The second-order valence-electron chi connectivity index (χ2n) is 7.00. The molecule has 3 rings (SSSR count). The molecule has 0 aliphatic carbocycles. The van der Waals surface area contributed by atoms with Gasteiger partial charge in [-0.15, -0.1) is 0 Å². The van der Waals surface area contributed by atoms with Crippen LogP contribution in [-0.4, -0.2) is 29.4 Å². The van der Waals surface area contributed by atoms with Crippen LogP contribution in [0.3, 0.4) is 0 Å². The molecule has 172 valence electrons. The number of pyridine rings is 1. The van der Waals surface area contributed by atoms with Gasteiger partial charge in [0.05, 0.1) is 22.2 Å². The standard InChI is InChI=1S/C24H23Cl2N3O4/c1-3-32-19-9-4-5-10-20(19)33-21-12-11-16(13-27-21)14-28-23(30)15(2)29-24(31)17-7-6-8-18(25)22(17)26/h4-13,15H,3,14H2,1-2H3,(H,28,30)(H,29,31). The Labute approximate surface area is 202 Å². The normalized spacial score (nSPS) is 11.4. The van der Waals surface area contributed by atoms with Crippen molar-refractivity contribution in [1.82, 2.24) is 15.6 Å². The molecule has 9 heteroatoms. The summed E-state index contributed by atoms with van der Waals surface area (Å²) in [6.07, 6.45) is 1.61. The highest BCUT2D eigenvalue weighted by Gasteiger charge is 2.19. The molecule has 0 radical (unpaired) electrons. The highest BCUT2D eigenvalue weighted by atomic mass is 35.5. The number of benzene rings is 2. The molecule has 1 unspecified atom stereocenters. The molecule has 0 saturated heterocycles. The average Bonchev–Trinajstić information content (AvgIpc) is 2.81. The lowest BCUT2D eigenvalue weighted by molar-refractivity contribution is -0.122. The van der Waals surface area contributed by atoms with Gasteiger partial charge in [-0.1, -0.05) is 47.5 Å². The van der Waals surface area contributed by atoms with Gasteiger partial charge < -0.3 is 20.1 Å². The van der Waals surface area contributed by atoms with Gasteiger partial charge in [0.25, 0.3) is 5.91 Å². The fourth-order valence-electron chi connectivity index (χ4n) is 2.86. The maximum Gasteiger partial charge on any atom is 0.253 e. The first-order chi connectivity index (χ1) is 15.9. The monoisotopic (exact) mass is 487 g/mol. The summed E-state index contributed by atoms with van der Waals surface area (Å²) in [5.74, 6) is 0.759. The summed E-state index contributed by atoms with van der Waals surface area (Å²) in [4.78, 5) is 29.1. The van der Waals surface area contributed by atoms with Crippen molar-refractivity contribution >= 4 is 35.0 Å². The molecule has 0 saturated carbocycles. The molecule has 1 heterocycles. The molecular formula is C24H23Cl2N3O4. The lowest BCUT2D eigenvalue weighted by Crippen LogP contribution is -2.44. The molecule has 33 heavy (non-hydrogen) atoms. The predicted octanol–water partition coefficient (Wildman–Crippen LogP) is 5.01. The number of para-hydroxylation sites is 2. The van der Waals surface area contributed by atoms with Crippen molar-refractivity contribution in [3.8, 4) is 17.4 Å². The molecule has 1 aromatic heterocycles. The van der Waals surface area contributed by atoms with E-state index in [1.54, 1.807) is 43.5 Å². The van der Waals surface area contributed by atoms with Crippen LogP contribution in [0.5, 0.6) is 17.4 Å². The van der Waals surface area contributed by atoms with Gasteiger partial charge in [0.1, 0.15) is 6.04 Å². The fourth-order valence-corrected chi connectivity index (χ4v) is 3.25. The smallest absolute Gasteiger partial charge is 0.253 e. The third kappa shape index (κ3) is 6.60. The fraction of sp³-hybridized carbons (Fsp3) is 0.208. The molecule has 1 atom stereocenters. The number of carbonyl (C=O) groups excluding carboxylic acids is 2. The van der Waals surface area contributed by atoms with Gasteiger partial charge in [-0.25, -0.2) is 4.98 Å². The van der Waals surface area contributed by atoms with Gasteiger partial charge in [-0.3, -0.25) is 9.59 Å². The van der Waals surface area contributed by atoms with Gasteiger partial charge >= 0.3 is 0 Å². The molecule has 7 nitrogen and oxygen atoms in total. The summed E-state index contributed by atoms with van der Waals surface area (Å²) >= 11 is 12.0. The highest BCUT2D eigenvalue weighted by Crippen LogP contribution is 2.30. The second-order valence-corrected chi connectivity index (χ2v) is 7.79. The van der Waals surface area contributed by atoms with Gasteiger partial charge in [0.2, 0.25) is 11.8 Å². The minimum absolute atomic E-state index is 0.140. The van der Waals surface area contributed by atoms with Crippen LogP contribution in [0.1, 0.15) is 29.8 Å². The zero-order valence-electron chi connectivity index (χ0n) is 18.1. The number of nitrogens with one attached hydrogen (secondary N) is 2. The van der Waals surface area contributed by atoms with Gasteiger partial charge in [0, 0.05) is 18.8 Å². The SMILES string of the molecule is CCOc1ccccc1Oc1ccc(CNC(=O)C(C)NC(=O)c2cccc(Cl)c2Cl)cn1. The van der Waals surface area contributed by atoms with E-state index in [0.717, 1.165) is 5.56 Å². The maximum atomic E-state index is 12.4. The Morgan fingerprint density at radius 1 is 1.03 bits per heavy atom. The largest absolute Gasteiger partial charge is 0.490 e. The van der Waals surface area contributed by atoms with E-state index in [1.165, 1.54) is 6.07 Å². The number of aromatic nitrogens is 1. The first-order valence-corrected chi connectivity index (χ1v) is 11.0. The molecule has 0 aliphatic rings. The molecule has 2 amide bonds. The van der Waals surface area contributed by atoms with E-state index in [9.17, 15) is 9.59 Å². The predicted molar refractivity (Wildman–Crippen MR) is 127 cm³/mol. The molecule has 0 spiro atoms. The Hall–Kier alpha value is -3.29. The number of carbonyl (C=O) groups is 2. The summed E-state index contributed by atoms with van der Waals surface area (Å²) < 4.78 is 11.3. The van der Waals surface area contributed by atoms with Crippen molar-refractivity contribution in [1.29, 1.82) is 0 Å². The summed E-state index contributed by atoms with van der Waals surface area (Å²) in [6, 6.07) is 14.8. The van der Waals surface area contributed by atoms with E-state index in [-0.39, 0.29) is 28.1 Å². The molecule has 0 fully saturated rings. The third-order valence-electron chi connectivity index (χ3n) is 4.56. The van der Waals surface area contributed by atoms with Crippen LogP contribution in [0, 0.1) is 0 Å². The summed E-state index contributed by atoms with van der Waals surface area (Å²) in [7, 11) is 0. The maximum absolute atomic E-state index is 12.4. The van der Waals surface area contributed by atoms with Gasteiger partial charge in [0.15, 0.2) is 11.5 Å². The van der Waals surface area contributed by atoms with Crippen molar-refractivity contribution in [3.63, 3.8) is 0 Å². The van der Waals surface area contributed by atoms with E-state index in [1.807, 2.05) is 25.1 Å². The number of hydrogen-bond acceptors (Lipinski definition) is 5. The third-order valence-corrected chi connectivity index (χ3v) is 5.38. The second kappa shape index (κ2) is 11.5. The average molecular weight is 488 g/mol. The van der Waals surface area contributed by atoms with Crippen LogP contribution in [-0.2, 0) is 11.3 Å². The Kier molecular flexibility index (Phi) is 8.52. The van der Waals surface area contributed by atoms with E-state index in [2.05, 4.69) is 15.6 Å². The molecule has 2 N–H and O–H groups in total. The lowest BCUT2D eigenvalue weighted by atomic mass is 10.2. The zero-order chi connectivity index (χ0) is 23.8. The number of rotatable bonds is 9. The van der Waals surface area contributed by atoms with Crippen LogP contribution in [0.4, 0.5) is 0 Å². The summed E-state index contributed by atoms with van der Waals surface area (Å²) in [6.45, 7) is 4.24. The van der Waals surface area contributed by atoms with Crippen molar-refractivity contribution in [2.24, 2.45) is 0 Å². The Bertz CT molecular complexity index is 1120. The number of ether oxygens (including phenoxy) is 2. The van der Waals surface area contributed by atoms with Crippen molar-refractivity contribution < 1.29 is 19.1 Å². The van der Waals surface area contributed by atoms with E-state index >= 15 is 0 Å². The number of amides is 2. The van der Waals surface area contributed by atoms with Crippen LogP contribution in [0.15, 0.2) is 60.8 Å². The molecule has 0 bridgehead atoms. The molecule has 2 aromatic carbocycles. The van der Waals surface area contributed by atoms with E-state index in [4.69, 9.17) is 32.7 Å². The van der Waals surface area contributed by atoms with Crippen molar-refractivity contribution in [3.05, 3.63) is 82.0 Å². The number of nitrogens with zero attached hydrogens (tertiary/aromatic N) is 1. The number of halogens is 2. The molecule has 3 aromatic rings. The lowest BCUT2D eigenvalue weighted by Gasteiger charge is -2.15. The minimum atomic E-state index is -0.779. The summed E-state index contributed by atoms with van der Waals surface area (Å²) in [5, 5.41) is 5.78. The first-order valence-electron chi connectivity index (χ1n) is 10.3. The Balaban J connectivity index is 1.53. The van der Waals surface area contributed by atoms with Crippen LogP contribution in [0.25, 0.3) is 0 Å². The first kappa shape index (κ1) is 24.4. The quantitative estimate of drug-likeness (QED) is 0.442. The van der Waals surface area contributed by atoms with Crippen LogP contribution < -0.4 is 20.1 Å². The topological polar surface area (TPSA) is 89.5 Å². The Morgan fingerprint density at radius 3 is 2.48 bits per heavy atom. The van der Waals surface area contributed by atoms with Crippen molar-refractivity contribution in [2.75, 3.05) is 6.61 Å². The van der Waals surface area contributed by atoms with E-state index in [0.29, 0.717) is 24.0 Å². The molecular weight excluding hydrogens is 465 g/mol. The minimum Gasteiger partial charge on any atom is -0.490 e.